The van der Waals surface area contributed by atoms with Crippen LogP contribution in [0, 0.1) is 0 Å². The number of carbonyl (C=O) groups is 1. The van der Waals surface area contributed by atoms with Crippen molar-refractivity contribution in [3.8, 4) is 5.75 Å². The van der Waals surface area contributed by atoms with Gasteiger partial charge in [-0.25, -0.2) is 4.98 Å². The van der Waals surface area contributed by atoms with Crippen LogP contribution in [0.25, 0.3) is 11.1 Å². The minimum Gasteiger partial charge on any atom is -0.494 e. The SMILES string of the molecule is CCCCCCOc1ccc(C2(C)CC(c3ccn(C4CC4)n3)=C(c3ncn[nH]3)C(=O)N2)cc1. The lowest BCUT2D eigenvalue weighted by Crippen LogP contribution is -2.47. The van der Waals surface area contributed by atoms with E-state index in [1.54, 1.807) is 0 Å². The molecule has 1 aromatic carbocycles. The molecule has 0 radical (unpaired) electrons. The summed E-state index contributed by atoms with van der Waals surface area (Å²) in [6.45, 7) is 4.99. The molecule has 0 spiro atoms. The van der Waals surface area contributed by atoms with Crippen molar-refractivity contribution in [3.05, 3.63) is 59.9 Å². The molecule has 1 amide bonds. The molecule has 1 atom stereocenters. The Morgan fingerprint density at radius 3 is 2.68 bits per heavy atom. The third kappa shape index (κ3) is 4.62. The van der Waals surface area contributed by atoms with Crippen LogP contribution in [0.5, 0.6) is 5.75 Å². The number of nitrogens with one attached hydrogen (secondary N) is 2. The lowest BCUT2D eigenvalue weighted by molar-refractivity contribution is -0.117. The molecular formula is C26H32N6O2. The summed E-state index contributed by atoms with van der Waals surface area (Å²) in [5.74, 6) is 1.13. The standard InChI is InChI=1S/C26H32N6O2/c1-3-4-5-6-15-34-20-11-7-18(8-12-20)26(2)16-21(22-13-14-32(31-22)19-9-10-19)23(25(33)29-26)24-27-17-28-30-24/h7-8,11-14,17,19H,3-6,9-10,15-16H2,1-2H3,(H,29,33)(H,27,28,30). The molecule has 2 aromatic heterocycles. The molecule has 3 heterocycles. The summed E-state index contributed by atoms with van der Waals surface area (Å²) in [5.41, 5.74) is 2.63. The monoisotopic (exact) mass is 460 g/mol. The maximum absolute atomic E-state index is 13.4. The minimum atomic E-state index is -0.584. The number of aromatic amines is 1. The largest absolute Gasteiger partial charge is 0.494 e. The number of unbranched alkanes of at least 4 members (excludes halogenated alkanes) is 3. The van der Waals surface area contributed by atoms with Crippen LogP contribution >= 0.6 is 0 Å². The molecular weight excluding hydrogens is 428 g/mol. The summed E-state index contributed by atoms with van der Waals surface area (Å²) in [6.07, 6.45) is 11.0. The quantitative estimate of drug-likeness (QED) is 0.430. The van der Waals surface area contributed by atoms with E-state index < -0.39 is 5.54 Å². The molecule has 0 saturated heterocycles. The zero-order valence-electron chi connectivity index (χ0n) is 19.9. The Labute approximate surface area is 199 Å². The van der Waals surface area contributed by atoms with E-state index in [0.717, 1.165) is 48.4 Å². The topological polar surface area (TPSA) is 97.7 Å². The molecule has 178 valence electrons. The second-order valence-electron chi connectivity index (χ2n) is 9.50. The van der Waals surface area contributed by atoms with Gasteiger partial charge in [0.15, 0.2) is 5.82 Å². The second kappa shape index (κ2) is 9.44. The van der Waals surface area contributed by atoms with E-state index in [1.807, 2.05) is 41.2 Å². The van der Waals surface area contributed by atoms with E-state index in [9.17, 15) is 4.79 Å². The van der Waals surface area contributed by atoms with Gasteiger partial charge in [0.05, 0.1) is 29.5 Å². The van der Waals surface area contributed by atoms with Gasteiger partial charge in [0.2, 0.25) is 0 Å². The van der Waals surface area contributed by atoms with Crippen molar-refractivity contribution in [3.63, 3.8) is 0 Å². The molecule has 2 aliphatic rings. The minimum absolute atomic E-state index is 0.183. The van der Waals surface area contributed by atoms with E-state index in [0.29, 0.717) is 23.9 Å². The Hall–Kier alpha value is -3.42. The maximum atomic E-state index is 13.4. The van der Waals surface area contributed by atoms with E-state index >= 15 is 0 Å². The summed E-state index contributed by atoms with van der Waals surface area (Å²) in [5, 5.41) is 14.8. The fraction of sp³-hybridized carbons (Fsp3) is 0.462. The molecule has 1 unspecified atom stereocenters. The number of carbonyl (C=O) groups excluding carboxylic acids is 1. The number of H-pyrrole nitrogens is 1. The predicted molar refractivity (Wildman–Crippen MR) is 130 cm³/mol. The Bertz CT molecular complexity index is 1160. The zero-order chi connectivity index (χ0) is 23.5. The highest BCUT2D eigenvalue weighted by Gasteiger charge is 2.39. The summed E-state index contributed by atoms with van der Waals surface area (Å²) >= 11 is 0. The highest BCUT2D eigenvalue weighted by Crippen LogP contribution is 2.41. The fourth-order valence-corrected chi connectivity index (χ4v) is 4.58. The first-order chi connectivity index (χ1) is 16.6. The van der Waals surface area contributed by atoms with Crippen LogP contribution in [-0.2, 0) is 10.3 Å². The summed E-state index contributed by atoms with van der Waals surface area (Å²) in [7, 11) is 0. The average molecular weight is 461 g/mol. The summed E-state index contributed by atoms with van der Waals surface area (Å²) < 4.78 is 7.92. The Kier molecular flexibility index (Phi) is 6.22. The van der Waals surface area contributed by atoms with Gasteiger partial charge in [0, 0.05) is 12.6 Å². The first-order valence-electron chi connectivity index (χ1n) is 12.3. The second-order valence-corrected chi connectivity index (χ2v) is 9.50. The van der Waals surface area contributed by atoms with Gasteiger partial charge in [-0.2, -0.15) is 10.2 Å². The number of hydrogen-bond acceptors (Lipinski definition) is 5. The van der Waals surface area contributed by atoms with Crippen LogP contribution in [0.4, 0.5) is 0 Å². The van der Waals surface area contributed by atoms with Crippen molar-refractivity contribution >= 4 is 17.1 Å². The molecule has 1 fully saturated rings. The fourth-order valence-electron chi connectivity index (χ4n) is 4.58. The van der Waals surface area contributed by atoms with Crippen molar-refractivity contribution in [2.24, 2.45) is 0 Å². The molecule has 0 bridgehead atoms. The first kappa shape index (κ1) is 22.4. The van der Waals surface area contributed by atoms with Crippen molar-refractivity contribution < 1.29 is 9.53 Å². The van der Waals surface area contributed by atoms with Crippen LogP contribution in [0.3, 0.4) is 0 Å². The number of ether oxygens (including phenoxy) is 1. The van der Waals surface area contributed by atoms with Crippen molar-refractivity contribution in [2.45, 2.75) is 70.4 Å². The van der Waals surface area contributed by atoms with Gasteiger partial charge in [0.1, 0.15) is 12.1 Å². The maximum Gasteiger partial charge on any atom is 0.256 e. The average Bonchev–Trinajstić information content (AvgIpc) is 3.32. The molecule has 2 N–H and O–H groups in total. The molecule has 3 aromatic rings. The van der Waals surface area contributed by atoms with E-state index in [1.165, 1.54) is 25.6 Å². The summed E-state index contributed by atoms with van der Waals surface area (Å²) in [4.78, 5) is 17.7. The van der Waals surface area contributed by atoms with E-state index in [2.05, 4.69) is 34.3 Å². The van der Waals surface area contributed by atoms with Crippen molar-refractivity contribution in [2.75, 3.05) is 6.61 Å². The van der Waals surface area contributed by atoms with Crippen LogP contribution in [-0.4, -0.2) is 37.5 Å². The zero-order valence-corrected chi connectivity index (χ0v) is 19.9. The van der Waals surface area contributed by atoms with Crippen LogP contribution < -0.4 is 10.1 Å². The lowest BCUT2D eigenvalue weighted by Gasteiger charge is -2.37. The van der Waals surface area contributed by atoms with Gasteiger partial charge >= 0.3 is 0 Å². The Balaban J connectivity index is 1.40. The van der Waals surface area contributed by atoms with Crippen molar-refractivity contribution in [1.29, 1.82) is 0 Å². The number of nitrogens with zero attached hydrogens (tertiary/aromatic N) is 4. The molecule has 8 heteroatoms. The predicted octanol–water partition coefficient (Wildman–Crippen LogP) is 4.64. The lowest BCUT2D eigenvalue weighted by atomic mass is 9.79. The van der Waals surface area contributed by atoms with Gasteiger partial charge in [0.25, 0.3) is 5.91 Å². The third-order valence-corrected chi connectivity index (χ3v) is 6.70. The van der Waals surface area contributed by atoms with Gasteiger partial charge < -0.3 is 10.1 Å². The van der Waals surface area contributed by atoms with Gasteiger partial charge in [-0.1, -0.05) is 38.3 Å². The van der Waals surface area contributed by atoms with Crippen LogP contribution in [0.2, 0.25) is 0 Å². The van der Waals surface area contributed by atoms with Gasteiger partial charge in [-0.05, 0) is 55.5 Å². The van der Waals surface area contributed by atoms with Gasteiger partial charge in [-0.15, -0.1) is 0 Å². The highest BCUT2D eigenvalue weighted by atomic mass is 16.5. The molecule has 34 heavy (non-hydrogen) atoms. The van der Waals surface area contributed by atoms with E-state index in [-0.39, 0.29) is 5.91 Å². The molecule has 5 rings (SSSR count). The van der Waals surface area contributed by atoms with Crippen LogP contribution in [0.1, 0.15) is 81.9 Å². The van der Waals surface area contributed by atoms with E-state index in [4.69, 9.17) is 9.84 Å². The van der Waals surface area contributed by atoms with Crippen LogP contribution in [0.15, 0.2) is 42.9 Å². The number of amides is 1. The van der Waals surface area contributed by atoms with Crippen molar-refractivity contribution in [1.82, 2.24) is 30.3 Å². The molecule has 1 aliphatic heterocycles. The summed E-state index contributed by atoms with van der Waals surface area (Å²) in [6, 6.07) is 10.5. The number of aromatic nitrogens is 5. The normalized spacial score (nSPS) is 20.5. The third-order valence-electron chi connectivity index (χ3n) is 6.70. The number of benzene rings is 1. The Morgan fingerprint density at radius 1 is 1.15 bits per heavy atom. The molecule has 1 saturated carbocycles. The highest BCUT2D eigenvalue weighted by molar-refractivity contribution is 6.27. The molecule has 8 nitrogen and oxygen atoms in total. The smallest absolute Gasteiger partial charge is 0.256 e. The van der Waals surface area contributed by atoms with Gasteiger partial charge in [-0.3, -0.25) is 14.6 Å². The number of rotatable bonds is 10. The molecule has 1 aliphatic carbocycles. The first-order valence-corrected chi connectivity index (χ1v) is 12.3. The number of hydrogen-bond donors (Lipinski definition) is 2. The Morgan fingerprint density at radius 2 is 1.97 bits per heavy atom.